The third-order valence-corrected chi connectivity index (χ3v) is 7.89. The van der Waals surface area contributed by atoms with Gasteiger partial charge in [0, 0.05) is 6.42 Å². The molecule has 0 aliphatic rings. The van der Waals surface area contributed by atoms with Gasteiger partial charge in [0.25, 0.3) is 10.1 Å². The molecule has 184 valence electrons. The molecule has 2 aromatic carbocycles. The molecule has 2 rings (SSSR count). The number of hydrogen-bond donors (Lipinski definition) is 0. The fraction of sp³-hybridized carbons (Fsp3) is 0.538. The summed E-state index contributed by atoms with van der Waals surface area (Å²) in [6.45, 7) is 6.67. The molecular formula is C26H39INO4S+. The van der Waals surface area contributed by atoms with Crippen molar-refractivity contribution in [2.24, 2.45) is 0 Å². The zero-order chi connectivity index (χ0) is 24.3. The molecular weight excluding hydrogens is 549 g/mol. The van der Waals surface area contributed by atoms with Crippen molar-refractivity contribution in [1.82, 2.24) is 0 Å². The molecule has 0 aromatic heterocycles. The van der Waals surface area contributed by atoms with Crippen LogP contribution >= 0.6 is 22.6 Å². The first kappa shape index (κ1) is 28.1. The van der Waals surface area contributed by atoms with E-state index in [0.29, 0.717) is 11.0 Å². The van der Waals surface area contributed by atoms with E-state index in [1.807, 2.05) is 6.92 Å². The Morgan fingerprint density at radius 2 is 1.64 bits per heavy atom. The Bertz CT molecular complexity index is 959. The Hall–Kier alpha value is -1.16. The lowest BCUT2D eigenvalue weighted by molar-refractivity contribution is -0.890. The molecule has 0 radical (unpaired) electrons. The molecule has 0 amide bonds. The quantitative estimate of drug-likeness (QED) is 0.111. The highest BCUT2D eigenvalue weighted by molar-refractivity contribution is 14.1. The van der Waals surface area contributed by atoms with Crippen LogP contribution in [0.25, 0.3) is 0 Å². The number of quaternary nitrogens is 1. The van der Waals surface area contributed by atoms with Crippen LogP contribution in [-0.2, 0) is 20.7 Å². The number of unbranched alkanes of at least 4 members (excludes halogenated alkanes) is 3. The van der Waals surface area contributed by atoms with Gasteiger partial charge >= 0.3 is 0 Å². The molecule has 0 heterocycles. The average molecular weight is 589 g/mol. The Kier molecular flexibility index (Phi) is 11.6. The zero-order valence-corrected chi connectivity index (χ0v) is 23.5. The molecule has 0 bridgehead atoms. The SMILES string of the molecule is CCCCCCOc1ccc(CCC[N+](C)(C)CCOS(=O)(=O)c2ccc(C)cc2)cc1I. The number of rotatable bonds is 15. The van der Waals surface area contributed by atoms with Gasteiger partial charge in [-0.1, -0.05) is 49.9 Å². The van der Waals surface area contributed by atoms with E-state index in [-0.39, 0.29) is 11.5 Å². The first-order valence-corrected chi connectivity index (χ1v) is 14.3. The minimum absolute atomic E-state index is 0.172. The average Bonchev–Trinajstić information content (AvgIpc) is 2.75. The predicted octanol–water partition coefficient (Wildman–Crippen LogP) is 5.97. The maximum Gasteiger partial charge on any atom is 0.297 e. The number of likely N-dealkylation sites (N-methyl/N-ethyl adjacent to an activating group) is 1. The van der Waals surface area contributed by atoms with Crippen molar-refractivity contribution in [3.05, 3.63) is 57.2 Å². The van der Waals surface area contributed by atoms with Gasteiger partial charge in [0.2, 0.25) is 0 Å². The molecule has 0 saturated carbocycles. The van der Waals surface area contributed by atoms with Crippen molar-refractivity contribution in [1.29, 1.82) is 0 Å². The molecule has 0 aliphatic heterocycles. The fourth-order valence-electron chi connectivity index (χ4n) is 3.52. The lowest BCUT2D eigenvalue weighted by Gasteiger charge is -2.29. The van der Waals surface area contributed by atoms with Crippen molar-refractivity contribution < 1.29 is 21.8 Å². The molecule has 5 nitrogen and oxygen atoms in total. The van der Waals surface area contributed by atoms with Crippen LogP contribution in [0, 0.1) is 10.5 Å². The monoisotopic (exact) mass is 588 g/mol. The van der Waals surface area contributed by atoms with E-state index in [1.54, 1.807) is 24.3 Å². The van der Waals surface area contributed by atoms with Crippen LogP contribution in [-0.4, -0.2) is 53.3 Å². The van der Waals surface area contributed by atoms with Crippen LogP contribution in [0.15, 0.2) is 47.4 Å². The molecule has 0 atom stereocenters. The Balaban J connectivity index is 1.74. The van der Waals surface area contributed by atoms with E-state index >= 15 is 0 Å². The molecule has 0 saturated heterocycles. The number of aryl methyl sites for hydroxylation is 2. The van der Waals surface area contributed by atoms with E-state index in [4.69, 9.17) is 8.92 Å². The first-order chi connectivity index (χ1) is 15.6. The number of halogens is 1. The maximum atomic E-state index is 12.4. The van der Waals surface area contributed by atoms with Gasteiger partial charge in [0.15, 0.2) is 0 Å². The molecule has 0 N–H and O–H groups in total. The van der Waals surface area contributed by atoms with Crippen LogP contribution in [0.1, 0.15) is 50.2 Å². The first-order valence-electron chi connectivity index (χ1n) is 11.8. The molecule has 7 heteroatoms. The van der Waals surface area contributed by atoms with Crippen LogP contribution in [0.2, 0.25) is 0 Å². The standard InChI is InChI=1S/C26H39INO4S/c1-5-6-7-8-19-31-26-16-13-23(21-25(26)27)10-9-17-28(3,4)18-20-32-33(29,30)24-14-11-22(2)12-15-24/h11-16,21H,5-10,17-20H2,1-4H3/q+1. The predicted molar refractivity (Wildman–Crippen MR) is 143 cm³/mol. The second-order valence-electron chi connectivity index (χ2n) is 9.25. The van der Waals surface area contributed by atoms with E-state index in [9.17, 15) is 8.42 Å². The van der Waals surface area contributed by atoms with Gasteiger partial charge in [-0.15, -0.1) is 0 Å². The fourth-order valence-corrected chi connectivity index (χ4v) is 5.15. The number of hydrogen-bond acceptors (Lipinski definition) is 4. The Labute approximate surface area is 214 Å². The van der Waals surface area contributed by atoms with Gasteiger partial charge in [-0.3, -0.25) is 4.18 Å². The van der Waals surface area contributed by atoms with Crippen LogP contribution < -0.4 is 4.74 Å². The Morgan fingerprint density at radius 3 is 2.30 bits per heavy atom. The van der Waals surface area contributed by atoms with Gasteiger partial charge < -0.3 is 9.22 Å². The summed E-state index contributed by atoms with van der Waals surface area (Å²) >= 11 is 2.35. The minimum Gasteiger partial charge on any atom is -0.492 e. The molecule has 0 aliphatic carbocycles. The van der Waals surface area contributed by atoms with Gasteiger partial charge in [-0.25, -0.2) is 0 Å². The second-order valence-corrected chi connectivity index (χ2v) is 12.0. The summed E-state index contributed by atoms with van der Waals surface area (Å²) in [5.74, 6) is 0.971. The third-order valence-electron chi connectivity index (χ3n) is 5.73. The smallest absolute Gasteiger partial charge is 0.297 e. The molecule has 0 unspecified atom stereocenters. The summed E-state index contributed by atoms with van der Waals surface area (Å²) in [7, 11) is 0.518. The van der Waals surface area contributed by atoms with Gasteiger partial charge in [-0.05, 0) is 72.2 Å². The van der Waals surface area contributed by atoms with E-state index in [1.165, 1.54) is 24.8 Å². The highest BCUT2D eigenvalue weighted by Crippen LogP contribution is 2.23. The zero-order valence-electron chi connectivity index (χ0n) is 20.5. The normalized spacial score (nSPS) is 12.2. The molecule has 0 spiro atoms. The highest BCUT2D eigenvalue weighted by Gasteiger charge is 2.19. The largest absolute Gasteiger partial charge is 0.492 e. The molecule has 33 heavy (non-hydrogen) atoms. The lowest BCUT2D eigenvalue weighted by atomic mass is 10.1. The lowest BCUT2D eigenvalue weighted by Crippen LogP contribution is -2.43. The van der Waals surface area contributed by atoms with E-state index < -0.39 is 10.1 Å². The van der Waals surface area contributed by atoms with Gasteiger partial charge in [0.1, 0.15) is 18.9 Å². The number of benzene rings is 2. The summed E-state index contributed by atoms with van der Waals surface area (Å²) in [5.41, 5.74) is 2.32. The van der Waals surface area contributed by atoms with Crippen molar-refractivity contribution in [3.63, 3.8) is 0 Å². The van der Waals surface area contributed by atoms with Crippen molar-refractivity contribution >= 4 is 32.7 Å². The maximum absolute atomic E-state index is 12.4. The Morgan fingerprint density at radius 1 is 0.909 bits per heavy atom. The van der Waals surface area contributed by atoms with Gasteiger partial charge in [0.05, 0.1) is 35.7 Å². The summed E-state index contributed by atoms with van der Waals surface area (Å²) in [5, 5.41) is 0. The van der Waals surface area contributed by atoms with Crippen molar-refractivity contribution in [3.8, 4) is 5.75 Å². The van der Waals surface area contributed by atoms with Crippen LogP contribution in [0.5, 0.6) is 5.75 Å². The summed E-state index contributed by atoms with van der Waals surface area (Å²) in [6.07, 6.45) is 6.84. The van der Waals surface area contributed by atoms with Gasteiger partial charge in [-0.2, -0.15) is 8.42 Å². The molecule has 0 fully saturated rings. The van der Waals surface area contributed by atoms with E-state index in [0.717, 1.165) is 47.3 Å². The highest BCUT2D eigenvalue weighted by atomic mass is 127. The minimum atomic E-state index is -3.71. The molecule has 2 aromatic rings. The third kappa shape index (κ3) is 10.3. The van der Waals surface area contributed by atoms with Crippen molar-refractivity contribution in [2.75, 3.05) is 40.4 Å². The summed E-state index contributed by atoms with van der Waals surface area (Å²) in [4.78, 5) is 0.210. The van der Waals surface area contributed by atoms with Crippen LogP contribution in [0.3, 0.4) is 0 Å². The van der Waals surface area contributed by atoms with E-state index in [2.05, 4.69) is 61.8 Å². The summed E-state index contributed by atoms with van der Waals surface area (Å²) in [6, 6.07) is 13.2. The topological polar surface area (TPSA) is 52.6 Å². The van der Waals surface area contributed by atoms with Crippen LogP contribution in [0.4, 0.5) is 0 Å². The second kappa shape index (κ2) is 13.7. The number of nitrogens with zero attached hydrogens (tertiary/aromatic N) is 1. The number of ether oxygens (including phenoxy) is 1. The van der Waals surface area contributed by atoms with Crippen molar-refractivity contribution in [2.45, 2.75) is 57.3 Å². The summed E-state index contributed by atoms with van der Waals surface area (Å²) < 4.78 is 37.8.